The van der Waals surface area contributed by atoms with E-state index in [0.29, 0.717) is 21.7 Å². The second kappa shape index (κ2) is 9.36. The molecule has 5 rings (SSSR count). The first kappa shape index (κ1) is 23.4. The van der Waals surface area contributed by atoms with Crippen molar-refractivity contribution in [1.82, 2.24) is 9.97 Å². The number of thiophene rings is 1. The summed E-state index contributed by atoms with van der Waals surface area (Å²) in [7, 11) is 0. The topological polar surface area (TPSA) is 122 Å². The minimum Gasteiger partial charge on any atom is -0.450 e. The first-order valence-corrected chi connectivity index (χ1v) is 12.0. The molecule has 0 radical (unpaired) electrons. The number of aromatic amines is 1. The lowest BCUT2D eigenvalue weighted by Gasteiger charge is -2.17. The monoisotopic (exact) mass is 502 g/mol. The van der Waals surface area contributed by atoms with Gasteiger partial charge in [-0.15, -0.1) is 11.3 Å². The molecule has 2 heterocycles. The van der Waals surface area contributed by atoms with Crippen LogP contribution >= 0.6 is 11.3 Å². The van der Waals surface area contributed by atoms with Crippen molar-refractivity contribution in [3.8, 4) is 17.6 Å². The number of hydrogen-bond acceptors (Lipinski definition) is 7. The molecule has 36 heavy (non-hydrogen) atoms. The lowest BCUT2D eigenvalue weighted by molar-refractivity contribution is -0.385. The van der Waals surface area contributed by atoms with Gasteiger partial charge in [0.05, 0.1) is 15.9 Å². The Hall–Kier alpha value is -4.36. The lowest BCUT2D eigenvalue weighted by atomic mass is 9.89. The fourth-order valence-corrected chi connectivity index (χ4v) is 5.66. The van der Waals surface area contributed by atoms with Crippen LogP contribution in [-0.2, 0) is 12.8 Å². The van der Waals surface area contributed by atoms with Crippen molar-refractivity contribution in [2.45, 2.75) is 26.2 Å². The van der Waals surface area contributed by atoms with Crippen LogP contribution in [0.25, 0.3) is 21.9 Å². The van der Waals surface area contributed by atoms with Crippen LogP contribution in [0, 0.1) is 33.2 Å². The summed E-state index contributed by atoms with van der Waals surface area (Å²) in [6.45, 7) is 2.18. The van der Waals surface area contributed by atoms with E-state index in [1.54, 1.807) is 6.07 Å². The van der Waals surface area contributed by atoms with Gasteiger partial charge in [-0.3, -0.25) is 14.9 Å². The summed E-state index contributed by atoms with van der Waals surface area (Å²) < 4.78 is 18.7. The van der Waals surface area contributed by atoms with E-state index >= 15 is 0 Å². The van der Waals surface area contributed by atoms with E-state index in [1.165, 1.54) is 53.8 Å². The Morgan fingerprint density at radius 3 is 2.83 bits per heavy atom. The standard InChI is InChI=1S/C26H19FN4O4S/c1-14-2-8-19-22(10-14)36-26-23(19)25(32)29-24(30-26)16(13-28)11-15-3-9-21(20(12-15)31(33)34)35-18-6-4-17(27)5-7-18/h3-7,9,11-12,14H,2,8,10H2,1H3,(H,29,30,32). The predicted molar refractivity (Wildman–Crippen MR) is 134 cm³/mol. The fraction of sp³-hybridized carbons (Fsp3) is 0.192. The molecule has 1 atom stereocenters. The van der Waals surface area contributed by atoms with Gasteiger partial charge in [0.15, 0.2) is 5.82 Å². The Morgan fingerprint density at radius 2 is 2.11 bits per heavy atom. The zero-order valence-corrected chi connectivity index (χ0v) is 19.9. The van der Waals surface area contributed by atoms with Crippen LogP contribution in [-0.4, -0.2) is 14.9 Å². The lowest BCUT2D eigenvalue weighted by Crippen LogP contribution is -2.14. The van der Waals surface area contributed by atoms with Crippen molar-refractivity contribution < 1.29 is 14.1 Å². The average Bonchev–Trinajstić information content (AvgIpc) is 3.22. The maximum absolute atomic E-state index is 13.1. The number of nitriles is 1. The zero-order valence-electron chi connectivity index (χ0n) is 19.1. The first-order valence-electron chi connectivity index (χ1n) is 11.2. The normalized spacial score (nSPS) is 15.4. The van der Waals surface area contributed by atoms with Gasteiger partial charge in [0.2, 0.25) is 5.75 Å². The number of nitrogens with zero attached hydrogens (tertiary/aromatic N) is 3. The number of hydrogen-bond donors (Lipinski definition) is 1. The van der Waals surface area contributed by atoms with Gasteiger partial charge in [-0.05, 0) is 72.7 Å². The number of ether oxygens (including phenoxy) is 1. The van der Waals surface area contributed by atoms with E-state index in [0.717, 1.165) is 29.7 Å². The third-order valence-corrected chi connectivity index (χ3v) is 7.22. The second-order valence-electron chi connectivity index (χ2n) is 8.66. The van der Waals surface area contributed by atoms with Crippen molar-refractivity contribution in [1.29, 1.82) is 5.26 Å². The number of nitrogens with one attached hydrogen (secondary N) is 1. The minimum absolute atomic E-state index is 0.0337. The van der Waals surface area contributed by atoms with E-state index in [-0.39, 0.29) is 34.1 Å². The van der Waals surface area contributed by atoms with Gasteiger partial charge in [-0.25, -0.2) is 9.37 Å². The maximum Gasteiger partial charge on any atom is 0.312 e. The van der Waals surface area contributed by atoms with Crippen molar-refractivity contribution >= 4 is 38.9 Å². The first-order chi connectivity index (χ1) is 17.3. The number of aryl methyl sites for hydroxylation is 1. The molecule has 1 aliphatic carbocycles. The minimum atomic E-state index is -0.606. The summed E-state index contributed by atoms with van der Waals surface area (Å²) in [5.74, 6) is 0.404. The van der Waals surface area contributed by atoms with Gasteiger partial charge in [0.25, 0.3) is 5.56 Å². The Kier molecular flexibility index (Phi) is 6.08. The largest absolute Gasteiger partial charge is 0.450 e. The second-order valence-corrected chi connectivity index (χ2v) is 9.74. The summed E-state index contributed by atoms with van der Waals surface area (Å²) in [4.78, 5) is 33.0. The highest BCUT2D eigenvalue weighted by Gasteiger charge is 2.24. The third-order valence-electron chi connectivity index (χ3n) is 6.07. The average molecular weight is 503 g/mol. The van der Waals surface area contributed by atoms with E-state index in [1.807, 2.05) is 6.07 Å². The van der Waals surface area contributed by atoms with Crippen LogP contribution in [0.5, 0.6) is 11.5 Å². The Labute approximate surface area is 208 Å². The van der Waals surface area contributed by atoms with Crippen LogP contribution in [0.2, 0.25) is 0 Å². The number of nitro benzene ring substituents is 1. The van der Waals surface area contributed by atoms with Crippen molar-refractivity contribution in [2.75, 3.05) is 0 Å². The van der Waals surface area contributed by atoms with Gasteiger partial charge in [-0.1, -0.05) is 13.0 Å². The molecule has 0 fully saturated rings. The zero-order chi connectivity index (χ0) is 25.4. The third kappa shape index (κ3) is 4.48. The van der Waals surface area contributed by atoms with Gasteiger partial charge in [0, 0.05) is 10.9 Å². The molecule has 10 heteroatoms. The number of fused-ring (bicyclic) bond motifs is 3. The Bertz CT molecular complexity index is 1630. The van der Waals surface area contributed by atoms with Crippen LogP contribution in [0.15, 0.2) is 47.3 Å². The summed E-state index contributed by atoms with van der Waals surface area (Å²) in [5.41, 5.74) is 0.838. The van der Waals surface area contributed by atoms with E-state index in [9.17, 15) is 24.6 Å². The molecule has 0 saturated heterocycles. The number of rotatable bonds is 5. The van der Waals surface area contributed by atoms with E-state index in [4.69, 9.17) is 4.74 Å². The highest BCUT2D eigenvalue weighted by atomic mass is 32.1. The number of halogens is 1. The molecular formula is C26H19FN4O4S. The molecule has 2 aromatic heterocycles. The molecule has 0 saturated carbocycles. The predicted octanol–water partition coefficient (Wildman–Crippen LogP) is 6.01. The van der Waals surface area contributed by atoms with Gasteiger partial charge in [-0.2, -0.15) is 5.26 Å². The smallest absolute Gasteiger partial charge is 0.312 e. The molecule has 0 amide bonds. The summed E-state index contributed by atoms with van der Waals surface area (Å²) >= 11 is 1.48. The van der Waals surface area contributed by atoms with Crippen LogP contribution < -0.4 is 10.3 Å². The molecule has 180 valence electrons. The number of H-pyrrole nitrogens is 1. The Morgan fingerprint density at radius 1 is 1.33 bits per heavy atom. The van der Waals surface area contributed by atoms with Crippen LogP contribution in [0.4, 0.5) is 10.1 Å². The van der Waals surface area contributed by atoms with E-state index in [2.05, 4.69) is 16.9 Å². The highest BCUT2D eigenvalue weighted by Crippen LogP contribution is 2.36. The van der Waals surface area contributed by atoms with Crippen LogP contribution in [0.1, 0.15) is 35.2 Å². The number of benzene rings is 2. The molecule has 0 spiro atoms. The maximum atomic E-state index is 13.1. The number of nitro groups is 1. The molecule has 1 unspecified atom stereocenters. The van der Waals surface area contributed by atoms with Gasteiger partial charge >= 0.3 is 5.69 Å². The highest BCUT2D eigenvalue weighted by molar-refractivity contribution is 7.18. The van der Waals surface area contributed by atoms with Crippen molar-refractivity contribution in [3.63, 3.8) is 0 Å². The molecule has 4 aromatic rings. The molecule has 1 aliphatic rings. The van der Waals surface area contributed by atoms with Crippen molar-refractivity contribution in [2.24, 2.45) is 5.92 Å². The summed E-state index contributed by atoms with van der Waals surface area (Å²) in [6, 6.07) is 11.3. The number of allylic oxidation sites excluding steroid dienone is 1. The van der Waals surface area contributed by atoms with Gasteiger partial charge in [0.1, 0.15) is 22.5 Å². The van der Waals surface area contributed by atoms with Crippen LogP contribution in [0.3, 0.4) is 0 Å². The molecular weight excluding hydrogens is 483 g/mol. The Balaban J connectivity index is 1.52. The SMILES string of the molecule is CC1CCc2c(sc3nc(C(C#N)=Cc4ccc(Oc5ccc(F)cc5)c([N+](=O)[O-])c4)[nH]c(=O)c23)C1. The van der Waals surface area contributed by atoms with Gasteiger partial charge < -0.3 is 9.72 Å². The van der Waals surface area contributed by atoms with E-state index < -0.39 is 10.7 Å². The molecule has 0 bridgehead atoms. The quantitative estimate of drug-likeness (QED) is 0.202. The molecule has 0 aliphatic heterocycles. The summed E-state index contributed by atoms with van der Waals surface area (Å²) in [6.07, 6.45) is 4.18. The molecule has 1 N–H and O–H groups in total. The number of aromatic nitrogens is 2. The summed E-state index contributed by atoms with van der Waals surface area (Å²) in [5, 5.41) is 22.0. The fourth-order valence-electron chi connectivity index (χ4n) is 4.28. The molecule has 2 aromatic carbocycles. The van der Waals surface area contributed by atoms with Crippen molar-refractivity contribution in [3.05, 3.63) is 90.6 Å². The molecule has 8 nitrogen and oxygen atoms in total.